The van der Waals surface area contributed by atoms with Crippen molar-refractivity contribution in [2.24, 2.45) is 5.73 Å². The summed E-state index contributed by atoms with van der Waals surface area (Å²) in [4.78, 5) is 2.55. The van der Waals surface area contributed by atoms with Crippen LogP contribution >= 0.6 is 11.6 Å². The van der Waals surface area contributed by atoms with Crippen molar-refractivity contribution in [3.63, 3.8) is 0 Å². The van der Waals surface area contributed by atoms with Crippen molar-refractivity contribution in [3.05, 3.63) is 34.9 Å². The van der Waals surface area contributed by atoms with Gasteiger partial charge in [-0.25, -0.2) is 0 Å². The van der Waals surface area contributed by atoms with Crippen LogP contribution < -0.4 is 5.73 Å². The number of benzene rings is 1. The third-order valence-corrected chi connectivity index (χ3v) is 4.06. The molecule has 1 saturated carbocycles. The predicted molar refractivity (Wildman–Crippen MR) is 72.7 cm³/mol. The molecule has 4 heteroatoms. The van der Waals surface area contributed by atoms with Crippen molar-refractivity contribution < 1.29 is 4.74 Å². The van der Waals surface area contributed by atoms with Gasteiger partial charge >= 0.3 is 0 Å². The largest absolute Gasteiger partial charge is 0.374 e. The number of hydrogen-bond acceptors (Lipinski definition) is 3. The molecule has 0 spiro atoms. The Morgan fingerprint density at radius 1 is 1.39 bits per heavy atom. The summed E-state index contributed by atoms with van der Waals surface area (Å²) in [5.74, 6) is 0. The summed E-state index contributed by atoms with van der Waals surface area (Å²) in [7, 11) is 0. The van der Waals surface area contributed by atoms with E-state index in [0.717, 1.165) is 18.2 Å². The van der Waals surface area contributed by atoms with Gasteiger partial charge in [0.05, 0.1) is 18.8 Å². The van der Waals surface area contributed by atoms with E-state index in [9.17, 15) is 0 Å². The van der Waals surface area contributed by atoms with Crippen LogP contribution in [0.15, 0.2) is 24.3 Å². The fourth-order valence-electron chi connectivity index (χ4n) is 2.86. The van der Waals surface area contributed by atoms with E-state index in [1.807, 2.05) is 18.2 Å². The Bertz CT molecular complexity index is 422. The van der Waals surface area contributed by atoms with Crippen molar-refractivity contribution in [3.8, 4) is 0 Å². The number of nitrogens with two attached hydrogens (primary N) is 1. The molecule has 2 atom stereocenters. The van der Waals surface area contributed by atoms with Crippen molar-refractivity contribution in [2.75, 3.05) is 19.7 Å². The van der Waals surface area contributed by atoms with E-state index >= 15 is 0 Å². The first-order valence-electron chi connectivity index (χ1n) is 6.62. The van der Waals surface area contributed by atoms with Crippen LogP contribution in [-0.4, -0.2) is 36.7 Å². The van der Waals surface area contributed by atoms with Crippen molar-refractivity contribution in [1.29, 1.82) is 0 Å². The van der Waals surface area contributed by atoms with Gasteiger partial charge in [-0.15, -0.1) is 0 Å². The fourth-order valence-corrected chi connectivity index (χ4v) is 3.06. The zero-order chi connectivity index (χ0) is 12.5. The molecule has 2 unspecified atom stereocenters. The van der Waals surface area contributed by atoms with Crippen molar-refractivity contribution in [2.45, 2.75) is 31.0 Å². The second kappa shape index (κ2) is 5.17. The molecule has 1 aliphatic carbocycles. The molecule has 2 N–H and O–H groups in total. The van der Waals surface area contributed by atoms with E-state index < -0.39 is 0 Å². The monoisotopic (exact) mass is 266 g/mol. The lowest BCUT2D eigenvalue weighted by atomic mass is 9.97. The molecule has 2 aliphatic rings. The molecule has 0 bridgehead atoms. The Labute approximate surface area is 113 Å². The first-order valence-corrected chi connectivity index (χ1v) is 7.00. The quantitative estimate of drug-likeness (QED) is 0.912. The average molecular weight is 267 g/mol. The van der Waals surface area contributed by atoms with Gasteiger partial charge in [0.25, 0.3) is 0 Å². The Kier molecular flexibility index (Phi) is 3.57. The minimum atomic E-state index is 0.0813. The highest BCUT2D eigenvalue weighted by molar-refractivity contribution is 6.30. The average Bonchev–Trinajstić information content (AvgIpc) is 3.22. The van der Waals surface area contributed by atoms with Gasteiger partial charge < -0.3 is 10.5 Å². The maximum absolute atomic E-state index is 6.11. The van der Waals surface area contributed by atoms with Crippen LogP contribution in [0.4, 0.5) is 0 Å². The smallest absolute Gasteiger partial charge is 0.0894 e. The fraction of sp³-hybridized carbons (Fsp3) is 0.571. The Morgan fingerprint density at radius 3 is 2.89 bits per heavy atom. The molecule has 1 saturated heterocycles. The number of nitrogens with zero attached hydrogens (tertiary/aromatic N) is 1. The van der Waals surface area contributed by atoms with E-state index in [-0.39, 0.29) is 12.1 Å². The van der Waals surface area contributed by atoms with E-state index in [1.165, 1.54) is 18.4 Å². The summed E-state index contributed by atoms with van der Waals surface area (Å²) >= 11 is 6.11. The standard InChI is InChI=1S/C14H19ClN2O/c15-11-3-1-2-10(8-11)14-13(9-16)18-7-6-17(14)12-4-5-12/h1-3,8,12-14H,4-7,9,16H2. The third kappa shape index (κ3) is 2.41. The van der Waals surface area contributed by atoms with Crippen LogP contribution in [0.2, 0.25) is 5.02 Å². The van der Waals surface area contributed by atoms with E-state index in [4.69, 9.17) is 22.1 Å². The van der Waals surface area contributed by atoms with E-state index in [0.29, 0.717) is 12.6 Å². The first kappa shape index (κ1) is 12.4. The Hall–Kier alpha value is -0.610. The second-order valence-electron chi connectivity index (χ2n) is 5.11. The zero-order valence-corrected chi connectivity index (χ0v) is 11.1. The molecule has 3 nitrogen and oxygen atoms in total. The molecule has 2 fully saturated rings. The molecule has 1 aromatic carbocycles. The summed E-state index contributed by atoms with van der Waals surface area (Å²) < 4.78 is 5.83. The molecular weight excluding hydrogens is 248 g/mol. The summed E-state index contributed by atoms with van der Waals surface area (Å²) in [6, 6.07) is 9.06. The number of hydrogen-bond donors (Lipinski definition) is 1. The molecule has 0 radical (unpaired) electrons. The second-order valence-corrected chi connectivity index (χ2v) is 5.55. The summed E-state index contributed by atoms with van der Waals surface area (Å²) in [5, 5.41) is 0.782. The highest BCUT2D eigenvalue weighted by Crippen LogP contribution is 2.39. The van der Waals surface area contributed by atoms with Gasteiger partial charge in [-0.1, -0.05) is 23.7 Å². The van der Waals surface area contributed by atoms with Gasteiger partial charge in [-0.2, -0.15) is 0 Å². The van der Waals surface area contributed by atoms with Crippen LogP contribution in [0.3, 0.4) is 0 Å². The maximum Gasteiger partial charge on any atom is 0.0894 e. The Morgan fingerprint density at radius 2 is 2.22 bits per heavy atom. The van der Waals surface area contributed by atoms with Gasteiger partial charge in [-0.05, 0) is 30.5 Å². The number of ether oxygens (including phenoxy) is 1. The maximum atomic E-state index is 6.11. The van der Waals surface area contributed by atoms with Crippen molar-refractivity contribution >= 4 is 11.6 Å². The molecule has 1 heterocycles. The molecule has 3 rings (SSSR count). The summed E-state index contributed by atoms with van der Waals surface area (Å²) in [5.41, 5.74) is 7.09. The van der Waals surface area contributed by atoms with Crippen molar-refractivity contribution in [1.82, 2.24) is 4.90 Å². The predicted octanol–water partition coefficient (Wildman–Crippen LogP) is 2.20. The lowest BCUT2D eigenvalue weighted by Gasteiger charge is -2.41. The molecule has 18 heavy (non-hydrogen) atoms. The van der Waals surface area contributed by atoms with Gasteiger partial charge in [-0.3, -0.25) is 4.90 Å². The van der Waals surface area contributed by atoms with Crippen LogP contribution in [0.5, 0.6) is 0 Å². The molecule has 1 aromatic rings. The summed E-state index contributed by atoms with van der Waals surface area (Å²) in [6.07, 6.45) is 2.68. The Balaban J connectivity index is 1.91. The number of rotatable bonds is 3. The molecule has 98 valence electrons. The highest BCUT2D eigenvalue weighted by atomic mass is 35.5. The minimum Gasteiger partial charge on any atom is -0.374 e. The lowest BCUT2D eigenvalue weighted by molar-refractivity contribution is -0.0712. The van der Waals surface area contributed by atoms with Gasteiger partial charge in [0.2, 0.25) is 0 Å². The summed E-state index contributed by atoms with van der Waals surface area (Å²) in [6.45, 7) is 2.34. The lowest BCUT2D eigenvalue weighted by Crippen LogP contribution is -2.49. The molecule has 0 aromatic heterocycles. The van der Waals surface area contributed by atoms with Crippen LogP contribution in [0.1, 0.15) is 24.4 Å². The topological polar surface area (TPSA) is 38.5 Å². The van der Waals surface area contributed by atoms with E-state index in [1.54, 1.807) is 0 Å². The molecule has 1 aliphatic heterocycles. The van der Waals surface area contributed by atoms with E-state index in [2.05, 4.69) is 11.0 Å². The van der Waals surface area contributed by atoms with Crippen LogP contribution in [0.25, 0.3) is 0 Å². The molecule has 0 amide bonds. The number of halogens is 1. The van der Waals surface area contributed by atoms with Gasteiger partial charge in [0.15, 0.2) is 0 Å². The number of morpholine rings is 1. The van der Waals surface area contributed by atoms with Gasteiger partial charge in [0.1, 0.15) is 0 Å². The molecular formula is C14H19ClN2O. The van der Waals surface area contributed by atoms with Gasteiger partial charge in [0, 0.05) is 24.2 Å². The zero-order valence-electron chi connectivity index (χ0n) is 10.4. The third-order valence-electron chi connectivity index (χ3n) is 3.83. The minimum absolute atomic E-state index is 0.0813. The first-order chi connectivity index (χ1) is 8.79. The normalized spacial score (nSPS) is 29.4. The highest BCUT2D eigenvalue weighted by Gasteiger charge is 2.40. The SMILES string of the molecule is NCC1OCCN(C2CC2)C1c1cccc(Cl)c1. The van der Waals surface area contributed by atoms with Crippen LogP contribution in [0, 0.1) is 0 Å². The van der Waals surface area contributed by atoms with Crippen LogP contribution in [-0.2, 0) is 4.74 Å².